The van der Waals surface area contributed by atoms with Gasteiger partial charge in [-0.2, -0.15) is 0 Å². The Labute approximate surface area is 215 Å². The van der Waals surface area contributed by atoms with Crippen LogP contribution < -0.4 is 10.1 Å². The molecule has 2 aromatic heterocycles. The van der Waals surface area contributed by atoms with Crippen LogP contribution >= 0.6 is 11.6 Å². The molecule has 2 N–H and O–H groups in total. The van der Waals surface area contributed by atoms with E-state index < -0.39 is 0 Å². The van der Waals surface area contributed by atoms with Gasteiger partial charge in [-0.1, -0.05) is 23.7 Å². The first-order chi connectivity index (χ1) is 17.6. The summed E-state index contributed by atoms with van der Waals surface area (Å²) in [5.74, 6) is 1.60. The Morgan fingerprint density at radius 2 is 1.86 bits per heavy atom. The van der Waals surface area contributed by atoms with Gasteiger partial charge in [-0.25, -0.2) is 9.78 Å². The maximum Gasteiger partial charge on any atom is 0.321 e. The molecule has 1 spiro atoms. The molecule has 184 valence electrons. The summed E-state index contributed by atoms with van der Waals surface area (Å²) in [5.41, 5.74) is 3.06. The van der Waals surface area contributed by atoms with Crippen molar-refractivity contribution in [2.75, 3.05) is 31.5 Å². The smallest absolute Gasteiger partial charge is 0.321 e. The predicted molar refractivity (Wildman–Crippen MR) is 142 cm³/mol. The van der Waals surface area contributed by atoms with Crippen LogP contribution in [0.5, 0.6) is 11.5 Å². The fourth-order valence-corrected chi connectivity index (χ4v) is 5.40. The van der Waals surface area contributed by atoms with E-state index in [1.54, 1.807) is 6.20 Å². The molecule has 2 amide bonds. The summed E-state index contributed by atoms with van der Waals surface area (Å²) < 4.78 is 5.99. The Morgan fingerprint density at radius 3 is 2.67 bits per heavy atom. The van der Waals surface area contributed by atoms with Crippen LogP contribution in [0.1, 0.15) is 18.4 Å². The molecular weight excluding hydrogens is 474 g/mol. The molecule has 36 heavy (non-hydrogen) atoms. The van der Waals surface area contributed by atoms with Crippen LogP contribution in [-0.2, 0) is 6.54 Å². The van der Waals surface area contributed by atoms with E-state index in [0.29, 0.717) is 5.02 Å². The van der Waals surface area contributed by atoms with Crippen molar-refractivity contribution in [1.29, 1.82) is 0 Å². The molecule has 0 radical (unpaired) electrons. The second kappa shape index (κ2) is 9.48. The number of carbonyl (C=O) groups is 1. The largest absolute Gasteiger partial charge is 0.457 e. The molecule has 2 aliphatic heterocycles. The number of likely N-dealkylation sites (tertiary alicyclic amines) is 2. The van der Waals surface area contributed by atoms with Crippen LogP contribution in [-0.4, -0.2) is 52.0 Å². The number of nitrogens with zero attached hydrogens (tertiary/aromatic N) is 3. The quantitative estimate of drug-likeness (QED) is 0.344. The lowest BCUT2D eigenvalue weighted by Gasteiger charge is -2.53. The van der Waals surface area contributed by atoms with Crippen molar-refractivity contribution < 1.29 is 9.53 Å². The SMILES string of the molecule is O=C(Nc1ccnc2[nH]ccc12)N1CC2(CCN(Cc3cccc(Oc4ccc(Cl)cc4)c3)CC2)C1. The Bertz CT molecular complexity index is 1370. The number of urea groups is 1. The number of rotatable bonds is 5. The number of halogens is 1. The van der Waals surface area contributed by atoms with E-state index in [2.05, 4.69) is 32.3 Å². The molecule has 2 aliphatic rings. The van der Waals surface area contributed by atoms with Crippen molar-refractivity contribution in [3.05, 3.63) is 83.6 Å². The van der Waals surface area contributed by atoms with Gasteiger partial charge in [0.2, 0.25) is 0 Å². The Morgan fingerprint density at radius 1 is 1.06 bits per heavy atom. The summed E-state index contributed by atoms with van der Waals surface area (Å²) >= 11 is 5.97. The number of hydrogen-bond acceptors (Lipinski definition) is 4. The van der Waals surface area contributed by atoms with Crippen LogP contribution in [0.25, 0.3) is 11.0 Å². The van der Waals surface area contributed by atoms with E-state index in [1.165, 1.54) is 5.56 Å². The van der Waals surface area contributed by atoms with Gasteiger partial charge in [0.1, 0.15) is 17.1 Å². The number of piperidine rings is 1. The van der Waals surface area contributed by atoms with E-state index in [-0.39, 0.29) is 11.4 Å². The van der Waals surface area contributed by atoms with Gasteiger partial charge < -0.3 is 19.9 Å². The number of benzene rings is 2. The van der Waals surface area contributed by atoms with E-state index in [9.17, 15) is 4.79 Å². The molecule has 4 aromatic rings. The van der Waals surface area contributed by atoms with E-state index in [0.717, 1.165) is 73.8 Å². The lowest BCUT2D eigenvalue weighted by atomic mass is 9.72. The second-order valence-corrected chi connectivity index (χ2v) is 10.3. The maximum absolute atomic E-state index is 12.8. The molecule has 8 heteroatoms. The highest BCUT2D eigenvalue weighted by atomic mass is 35.5. The Balaban J connectivity index is 0.997. The van der Waals surface area contributed by atoms with Gasteiger partial charge in [0.15, 0.2) is 0 Å². The maximum atomic E-state index is 12.8. The molecule has 6 rings (SSSR count). The molecule has 7 nitrogen and oxygen atoms in total. The van der Waals surface area contributed by atoms with Crippen molar-refractivity contribution in [2.45, 2.75) is 19.4 Å². The van der Waals surface area contributed by atoms with Gasteiger partial charge >= 0.3 is 6.03 Å². The average molecular weight is 502 g/mol. The van der Waals surface area contributed by atoms with Crippen molar-refractivity contribution in [3.63, 3.8) is 0 Å². The first-order valence-electron chi connectivity index (χ1n) is 12.3. The summed E-state index contributed by atoms with van der Waals surface area (Å²) in [4.78, 5) is 24.6. The summed E-state index contributed by atoms with van der Waals surface area (Å²) in [6.07, 6.45) is 5.76. The standard InChI is InChI=1S/C28H28ClN5O2/c29-21-4-6-22(7-5-21)36-23-3-1-2-20(16-23)17-33-14-10-28(11-15-33)18-34(19-28)27(35)32-25-9-13-31-26-24(25)8-12-30-26/h1-9,12-13,16H,10-11,14-15,17-19H2,(H2,30,31,32,35). The minimum Gasteiger partial charge on any atom is -0.457 e. The molecule has 0 atom stereocenters. The topological polar surface area (TPSA) is 73.5 Å². The van der Waals surface area contributed by atoms with Crippen LogP contribution in [0.3, 0.4) is 0 Å². The van der Waals surface area contributed by atoms with Crippen molar-refractivity contribution in [2.24, 2.45) is 5.41 Å². The number of fused-ring (bicyclic) bond motifs is 1. The zero-order valence-corrected chi connectivity index (χ0v) is 20.7. The highest BCUT2D eigenvalue weighted by molar-refractivity contribution is 6.30. The first-order valence-corrected chi connectivity index (χ1v) is 12.7. The lowest BCUT2D eigenvalue weighted by molar-refractivity contribution is -0.0200. The number of pyridine rings is 1. The highest BCUT2D eigenvalue weighted by Gasteiger charge is 2.46. The van der Waals surface area contributed by atoms with Gasteiger partial charge in [0.05, 0.1) is 5.69 Å². The highest BCUT2D eigenvalue weighted by Crippen LogP contribution is 2.41. The van der Waals surface area contributed by atoms with Gasteiger partial charge in [-0.05, 0) is 80.0 Å². The molecule has 4 heterocycles. The number of anilines is 1. The van der Waals surface area contributed by atoms with Crippen molar-refractivity contribution >= 4 is 34.4 Å². The Hall–Kier alpha value is -3.55. The van der Waals surface area contributed by atoms with Gasteiger partial charge in [0.25, 0.3) is 0 Å². The molecule has 2 fully saturated rings. The van der Waals surface area contributed by atoms with Gasteiger partial charge in [-0.15, -0.1) is 0 Å². The summed E-state index contributed by atoms with van der Waals surface area (Å²) in [6, 6.07) is 19.4. The van der Waals surface area contributed by atoms with E-state index >= 15 is 0 Å². The van der Waals surface area contributed by atoms with Gasteiger partial charge in [-0.3, -0.25) is 4.90 Å². The molecule has 0 aliphatic carbocycles. The summed E-state index contributed by atoms with van der Waals surface area (Å²) in [5, 5.41) is 4.68. The third-order valence-electron chi connectivity index (χ3n) is 7.31. The predicted octanol–water partition coefficient (Wildman–Crippen LogP) is 6.14. The van der Waals surface area contributed by atoms with Crippen LogP contribution in [0.15, 0.2) is 73.1 Å². The fourth-order valence-electron chi connectivity index (χ4n) is 5.28. The van der Waals surface area contributed by atoms with E-state index in [4.69, 9.17) is 16.3 Å². The normalized spacial score (nSPS) is 17.2. The number of ether oxygens (including phenoxy) is 1. The van der Waals surface area contributed by atoms with Crippen molar-refractivity contribution in [1.82, 2.24) is 19.8 Å². The number of hydrogen-bond donors (Lipinski definition) is 2. The fraction of sp³-hybridized carbons (Fsp3) is 0.286. The Kier molecular flexibility index (Phi) is 6.03. The molecular formula is C28H28ClN5O2. The lowest BCUT2D eigenvalue weighted by Crippen LogP contribution is -2.62. The molecule has 0 unspecified atom stereocenters. The molecule has 0 saturated carbocycles. The number of amides is 2. The number of nitrogens with one attached hydrogen (secondary N) is 2. The van der Waals surface area contributed by atoms with Crippen molar-refractivity contribution in [3.8, 4) is 11.5 Å². The first kappa shape index (κ1) is 22.9. The summed E-state index contributed by atoms with van der Waals surface area (Å²) in [6.45, 7) is 4.60. The minimum absolute atomic E-state index is 0.0331. The zero-order valence-electron chi connectivity index (χ0n) is 19.9. The van der Waals surface area contributed by atoms with E-state index in [1.807, 2.05) is 59.6 Å². The molecule has 0 bridgehead atoms. The average Bonchev–Trinajstić information content (AvgIpc) is 3.35. The number of aromatic amines is 1. The zero-order chi connectivity index (χ0) is 24.5. The molecule has 2 aromatic carbocycles. The van der Waals surface area contributed by atoms with Crippen LogP contribution in [0.2, 0.25) is 5.02 Å². The summed E-state index contributed by atoms with van der Waals surface area (Å²) in [7, 11) is 0. The minimum atomic E-state index is -0.0331. The van der Waals surface area contributed by atoms with Gasteiger partial charge in [0, 0.05) is 47.9 Å². The third-order valence-corrected chi connectivity index (χ3v) is 7.56. The monoisotopic (exact) mass is 501 g/mol. The third kappa shape index (κ3) is 4.76. The second-order valence-electron chi connectivity index (χ2n) is 9.86. The number of H-pyrrole nitrogens is 1. The number of carbonyl (C=O) groups excluding carboxylic acids is 1. The van der Waals surface area contributed by atoms with Crippen LogP contribution in [0, 0.1) is 5.41 Å². The molecule has 2 saturated heterocycles. The number of aromatic nitrogens is 2. The van der Waals surface area contributed by atoms with Crippen LogP contribution in [0.4, 0.5) is 10.5 Å².